The van der Waals surface area contributed by atoms with E-state index in [1.54, 1.807) is 36.2 Å². The first kappa shape index (κ1) is 16.5. The fourth-order valence-electron chi connectivity index (χ4n) is 0.967. The average Bonchev–Trinajstić information content (AvgIpc) is 2.37. The van der Waals surface area contributed by atoms with E-state index in [-0.39, 0.29) is 0 Å². The van der Waals surface area contributed by atoms with Gasteiger partial charge in [0, 0.05) is 0 Å². The van der Waals surface area contributed by atoms with E-state index in [0.717, 1.165) is 5.75 Å². The highest BCUT2D eigenvalue weighted by Crippen LogP contribution is 1.97. The minimum atomic E-state index is -0.913. The van der Waals surface area contributed by atoms with Gasteiger partial charge in [-0.1, -0.05) is 12.2 Å². The van der Waals surface area contributed by atoms with Gasteiger partial charge in [0.2, 0.25) is 0 Å². The van der Waals surface area contributed by atoms with Crippen molar-refractivity contribution < 1.29 is 19.8 Å². The zero-order valence-corrected chi connectivity index (χ0v) is 10.9. The second kappa shape index (κ2) is 9.55. The van der Waals surface area contributed by atoms with Crippen LogP contribution in [0.15, 0.2) is 24.4 Å². The van der Waals surface area contributed by atoms with Crippen LogP contribution in [0.5, 0.6) is 0 Å². The zero-order chi connectivity index (χ0) is 14.0. The van der Waals surface area contributed by atoms with Crippen LogP contribution in [0.25, 0.3) is 0 Å². The predicted molar refractivity (Wildman–Crippen MR) is 71.4 cm³/mol. The Labute approximate surface area is 110 Å². The highest BCUT2D eigenvalue weighted by Gasteiger charge is 2.11. The Morgan fingerprint density at radius 1 is 1.44 bits per heavy atom. The van der Waals surface area contributed by atoms with E-state index in [2.05, 4.69) is 5.32 Å². The first-order valence-corrected chi connectivity index (χ1v) is 6.68. The molecule has 0 bridgehead atoms. The first-order valence-electron chi connectivity index (χ1n) is 5.28. The molecule has 2 atom stereocenters. The number of thioether (sulfide) groups is 1. The third kappa shape index (κ3) is 7.75. The molecule has 0 aliphatic carbocycles. The Kier molecular flexibility index (Phi) is 8.77. The SMILES string of the molecule is CSCCC(N)C(=O)O.O=C(O)C1C=CC=CN1. The molecule has 18 heavy (non-hydrogen) atoms. The lowest BCUT2D eigenvalue weighted by atomic mass is 10.2. The molecule has 2 unspecified atom stereocenters. The molecule has 0 saturated heterocycles. The van der Waals surface area contributed by atoms with Gasteiger partial charge >= 0.3 is 11.9 Å². The lowest BCUT2D eigenvalue weighted by Gasteiger charge is -2.08. The second-order valence-corrected chi connectivity index (χ2v) is 4.44. The molecule has 0 aromatic heterocycles. The summed E-state index contributed by atoms with van der Waals surface area (Å²) in [6.07, 6.45) is 9.13. The number of aliphatic carboxylic acids is 2. The van der Waals surface area contributed by atoms with Crippen LogP contribution in [0, 0.1) is 0 Å². The summed E-state index contributed by atoms with van der Waals surface area (Å²) in [7, 11) is 0. The van der Waals surface area contributed by atoms with Crippen LogP contribution in [0.3, 0.4) is 0 Å². The fraction of sp³-hybridized carbons (Fsp3) is 0.455. The van der Waals surface area contributed by atoms with E-state index in [9.17, 15) is 9.59 Å². The molecular formula is C11H18N2O4S. The number of nitrogens with one attached hydrogen (secondary N) is 1. The third-order valence-electron chi connectivity index (χ3n) is 2.00. The van der Waals surface area contributed by atoms with E-state index in [0.29, 0.717) is 6.42 Å². The van der Waals surface area contributed by atoms with Gasteiger partial charge in [-0.05, 0) is 30.7 Å². The number of dihydropyridines is 1. The lowest BCUT2D eigenvalue weighted by molar-refractivity contribution is -0.139. The predicted octanol–water partition coefficient (Wildman–Crippen LogP) is 0.264. The maximum atomic E-state index is 10.2. The summed E-state index contributed by atoms with van der Waals surface area (Å²) in [5.74, 6) is -0.951. The van der Waals surface area contributed by atoms with Crippen molar-refractivity contribution in [2.24, 2.45) is 5.73 Å². The van der Waals surface area contributed by atoms with Crippen molar-refractivity contribution in [3.63, 3.8) is 0 Å². The minimum Gasteiger partial charge on any atom is -0.480 e. The van der Waals surface area contributed by atoms with Crippen molar-refractivity contribution in [2.75, 3.05) is 12.0 Å². The van der Waals surface area contributed by atoms with Gasteiger partial charge in [0.1, 0.15) is 12.1 Å². The van der Waals surface area contributed by atoms with E-state index >= 15 is 0 Å². The van der Waals surface area contributed by atoms with Gasteiger partial charge in [-0.15, -0.1) is 0 Å². The lowest BCUT2D eigenvalue weighted by Crippen LogP contribution is -2.31. The summed E-state index contributed by atoms with van der Waals surface area (Å²) >= 11 is 1.60. The summed E-state index contributed by atoms with van der Waals surface area (Å²) in [5, 5.41) is 19.3. The Morgan fingerprint density at radius 2 is 2.11 bits per heavy atom. The smallest absolute Gasteiger partial charge is 0.330 e. The van der Waals surface area contributed by atoms with Crippen LogP contribution in [-0.4, -0.2) is 46.2 Å². The number of nitrogens with two attached hydrogens (primary N) is 1. The number of carboxylic acids is 2. The van der Waals surface area contributed by atoms with Crippen molar-refractivity contribution in [3.8, 4) is 0 Å². The molecule has 7 heteroatoms. The largest absolute Gasteiger partial charge is 0.480 e. The van der Waals surface area contributed by atoms with Crippen molar-refractivity contribution >= 4 is 23.7 Å². The topological polar surface area (TPSA) is 113 Å². The standard InChI is InChI=1S/C6H7NO2.C5H11NO2S/c8-6(9)5-3-1-2-4-7-5;1-9-3-2-4(6)5(7)8/h1-5,7H,(H,8,9);4H,2-3,6H2,1H3,(H,7,8). The molecule has 0 spiro atoms. The first-order chi connectivity index (χ1) is 8.49. The van der Waals surface area contributed by atoms with Crippen molar-refractivity contribution in [1.82, 2.24) is 5.32 Å². The molecule has 6 nitrogen and oxygen atoms in total. The quantitative estimate of drug-likeness (QED) is 0.569. The summed E-state index contributed by atoms with van der Waals surface area (Å²) in [6, 6.07) is -1.23. The Hall–Kier alpha value is -1.47. The Morgan fingerprint density at radius 3 is 2.44 bits per heavy atom. The van der Waals surface area contributed by atoms with Gasteiger partial charge in [-0.2, -0.15) is 11.8 Å². The molecule has 1 rings (SSSR count). The zero-order valence-electron chi connectivity index (χ0n) is 10.1. The molecule has 1 aliphatic heterocycles. The molecule has 5 N–H and O–H groups in total. The molecule has 0 fully saturated rings. The Bertz CT molecular complexity index is 331. The van der Waals surface area contributed by atoms with Crippen LogP contribution < -0.4 is 11.1 Å². The van der Waals surface area contributed by atoms with Crippen LogP contribution in [0.4, 0.5) is 0 Å². The maximum Gasteiger partial charge on any atom is 0.330 e. The number of carboxylic acid groups (broad SMARTS) is 2. The molecule has 1 aliphatic rings. The number of carbonyl (C=O) groups is 2. The van der Waals surface area contributed by atoms with E-state index in [1.807, 2.05) is 6.26 Å². The number of hydrogen-bond donors (Lipinski definition) is 4. The molecule has 0 aromatic carbocycles. The number of hydrogen-bond acceptors (Lipinski definition) is 5. The second-order valence-electron chi connectivity index (χ2n) is 3.45. The fourth-order valence-corrected chi connectivity index (χ4v) is 1.46. The Balaban J connectivity index is 0.000000321. The van der Waals surface area contributed by atoms with Gasteiger partial charge in [-0.25, -0.2) is 4.79 Å². The summed E-state index contributed by atoms with van der Waals surface area (Å²) in [5.41, 5.74) is 5.19. The van der Waals surface area contributed by atoms with E-state index in [4.69, 9.17) is 15.9 Å². The highest BCUT2D eigenvalue weighted by molar-refractivity contribution is 7.98. The third-order valence-corrected chi connectivity index (χ3v) is 2.65. The normalized spacial score (nSPS) is 18.2. The molecule has 102 valence electrons. The molecule has 0 aromatic rings. The monoisotopic (exact) mass is 274 g/mol. The minimum absolute atomic E-state index is 0.546. The summed E-state index contributed by atoms with van der Waals surface area (Å²) in [6.45, 7) is 0. The summed E-state index contributed by atoms with van der Waals surface area (Å²) in [4.78, 5) is 20.3. The number of allylic oxidation sites excluding steroid dienone is 2. The number of rotatable bonds is 5. The molecule has 1 heterocycles. The van der Waals surface area contributed by atoms with Crippen molar-refractivity contribution in [3.05, 3.63) is 24.4 Å². The summed E-state index contributed by atoms with van der Waals surface area (Å²) < 4.78 is 0. The molecular weight excluding hydrogens is 256 g/mol. The van der Waals surface area contributed by atoms with Crippen LogP contribution >= 0.6 is 11.8 Å². The highest BCUT2D eigenvalue weighted by atomic mass is 32.2. The van der Waals surface area contributed by atoms with Gasteiger partial charge in [0.05, 0.1) is 0 Å². The van der Waals surface area contributed by atoms with Gasteiger partial charge in [0.25, 0.3) is 0 Å². The molecule has 0 saturated carbocycles. The van der Waals surface area contributed by atoms with Crippen LogP contribution in [0.2, 0.25) is 0 Å². The van der Waals surface area contributed by atoms with Crippen molar-refractivity contribution in [2.45, 2.75) is 18.5 Å². The van der Waals surface area contributed by atoms with Gasteiger partial charge in [0.15, 0.2) is 0 Å². The van der Waals surface area contributed by atoms with Gasteiger partial charge < -0.3 is 21.3 Å². The molecule has 0 amide bonds. The van der Waals surface area contributed by atoms with Crippen LogP contribution in [-0.2, 0) is 9.59 Å². The van der Waals surface area contributed by atoms with Gasteiger partial charge in [-0.3, -0.25) is 4.79 Å². The maximum absolute atomic E-state index is 10.2. The van der Waals surface area contributed by atoms with Crippen LogP contribution in [0.1, 0.15) is 6.42 Å². The van der Waals surface area contributed by atoms with E-state index < -0.39 is 24.0 Å². The van der Waals surface area contributed by atoms with Crippen molar-refractivity contribution in [1.29, 1.82) is 0 Å². The van der Waals surface area contributed by atoms with E-state index in [1.165, 1.54) is 0 Å². The average molecular weight is 274 g/mol. The molecule has 0 radical (unpaired) electrons.